The molecule has 1 aliphatic carbocycles. The van der Waals surface area contributed by atoms with E-state index in [0.29, 0.717) is 6.42 Å². The second kappa shape index (κ2) is 5.83. The Kier molecular flexibility index (Phi) is 4.71. The van der Waals surface area contributed by atoms with Gasteiger partial charge < -0.3 is 4.74 Å². The molecule has 0 bridgehead atoms. The van der Waals surface area contributed by atoms with Gasteiger partial charge in [0.25, 0.3) is 0 Å². The number of esters is 1. The van der Waals surface area contributed by atoms with Crippen LogP contribution in [-0.2, 0) is 14.3 Å². The Morgan fingerprint density at radius 3 is 2.69 bits per heavy atom. The van der Waals surface area contributed by atoms with Gasteiger partial charge in [-0.25, -0.2) is 0 Å². The van der Waals surface area contributed by atoms with Crippen LogP contribution in [0.25, 0.3) is 0 Å². The van der Waals surface area contributed by atoms with Crippen LogP contribution in [0.3, 0.4) is 0 Å². The van der Waals surface area contributed by atoms with E-state index in [2.05, 4.69) is 6.92 Å². The molecule has 0 aromatic rings. The van der Waals surface area contributed by atoms with Crippen molar-refractivity contribution in [1.82, 2.24) is 0 Å². The molecule has 0 aliphatic heterocycles. The number of hydrogen-bond acceptors (Lipinski definition) is 3. The molecule has 3 heteroatoms. The number of carbonyl (C=O) groups excluding carboxylic acids is 2. The molecule has 0 saturated carbocycles. The fourth-order valence-electron chi connectivity index (χ4n) is 2.08. The lowest BCUT2D eigenvalue weighted by molar-refractivity contribution is -0.150. The standard InChI is InChI=1S/C13H20O3/c1-4-5-6-7-11-9(2)8-12(13(11)15)16-10(3)14/h12H,4-8H2,1-3H3. The molecule has 0 aromatic heterocycles. The van der Waals surface area contributed by atoms with Crippen LogP contribution in [0, 0.1) is 0 Å². The highest BCUT2D eigenvalue weighted by Crippen LogP contribution is 2.28. The fraction of sp³-hybridized carbons (Fsp3) is 0.692. The monoisotopic (exact) mass is 224 g/mol. The van der Waals surface area contributed by atoms with Crippen LogP contribution in [0.15, 0.2) is 11.1 Å². The summed E-state index contributed by atoms with van der Waals surface area (Å²) in [5.41, 5.74) is 1.98. The van der Waals surface area contributed by atoms with E-state index in [9.17, 15) is 9.59 Å². The predicted molar refractivity (Wildman–Crippen MR) is 62.0 cm³/mol. The van der Waals surface area contributed by atoms with Gasteiger partial charge in [-0.15, -0.1) is 0 Å². The van der Waals surface area contributed by atoms with Crippen LogP contribution in [0.2, 0.25) is 0 Å². The minimum absolute atomic E-state index is 0.0174. The number of rotatable bonds is 5. The van der Waals surface area contributed by atoms with Crippen molar-refractivity contribution in [2.45, 2.75) is 59.0 Å². The molecule has 1 aliphatic rings. The third-order valence-corrected chi connectivity index (χ3v) is 2.94. The molecule has 0 amide bonds. The molecule has 0 saturated heterocycles. The van der Waals surface area contributed by atoms with Crippen molar-refractivity contribution < 1.29 is 14.3 Å². The number of Topliss-reactive ketones (excluding diaryl/α,β-unsaturated/α-hetero) is 1. The van der Waals surface area contributed by atoms with Crippen molar-refractivity contribution in [3.05, 3.63) is 11.1 Å². The van der Waals surface area contributed by atoms with Gasteiger partial charge in [-0.05, 0) is 25.3 Å². The number of hydrogen-bond donors (Lipinski definition) is 0. The van der Waals surface area contributed by atoms with E-state index >= 15 is 0 Å². The summed E-state index contributed by atoms with van der Waals surface area (Å²) in [6.07, 6.45) is 4.20. The molecule has 0 heterocycles. The van der Waals surface area contributed by atoms with Gasteiger partial charge >= 0.3 is 5.97 Å². The van der Waals surface area contributed by atoms with Crippen LogP contribution in [0.1, 0.15) is 52.9 Å². The van der Waals surface area contributed by atoms with E-state index in [-0.39, 0.29) is 11.8 Å². The van der Waals surface area contributed by atoms with Gasteiger partial charge in [0.15, 0.2) is 11.9 Å². The molecule has 0 N–H and O–H groups in total. The van der Waals surface area contributed by atoms with Crippen LogP contribution < -0.4 is 0 Å². The summed E-state index contributed by atoms with van der Waals surface area (Å²) in [6.45, 7) is 5.44. The number of carbonyl (C=O) groups is 2. The number of ether oxygens (including phenoxy) is 1. The van der Waals surface area contributed by atoms with E-state index in [4.69, 9.17) is 4.74 Å². The van der Waals surface area contributed by atoms with Crippen molar-refractivity contribution >= 4 is 11.8 Å². The lowest BCUT2D eigenvalue weighted by Crippen LogP contribution is -2.22. The van der Waals surface area contributed by atoms with Gasteiger partial charge in [0.2, 0.25) is 0 Å². The smallest absolute Gasteiger partial charge is 0.303 e. The quantitative estimate of drug-likeness (QED) is 0.532. The highest BCUT2D eigenvalue weighted by atomic mass is 16.5. The predicted octanol–water partition coefficient (Wildman–Crippen LogP) is 2.79. The first kappa shape index (κ1) is 12.9. The van der Waals surface area contributed by atoms with Gasteiger partial charge in [-0.1, -0.05) is 25.3 Å². The molecule has 1 rings (SSSR count). The molecular weight excluding hydrogens is 204 g/mol. The number of unbranched alkanes of at least 4 members (excludes halogenated alkanes) is 2. The van der Waals surface area contributed by atoms with Gasteiger partial charge in [0.05, 0.1) is 0 Å². The molecule has 3 nitrogen and oxygen atoms in total. The fourth-order valence-corrected chi connectivity index (χ4v) is 2.08. The maximum Gasteiger partial charge on any atom is 0.303 e. The number of ketones is 1. The summed E-state index contributed by atoms with van der Waals surface area (Å²) in [7, 11) is 0. The Bertz CT molecular complexity index is 315. The molecule has 16 heavy (non-hydrogen) atoms. The second-order valence-corrected chi connectivity index (χ2v) is 4.38. The van der Waals surface area contributed by atoms with Crippen LogP contribution >= 0.6 is 0 Å². The maximum absolute atomic E-state index is 11.9. The van der Waals surface area contributed by atoms with Crippen molar-refractivity contribution in [2.75, 3.05) is 0 Å². The van der Waals surface area contributed by atoms with Crippen molar-refractivity contribution in [2.24, 2.45) is 0 Å². The largest absolute Gasteiger partial charge is 0.454 e. The van der Waals surface area contributed by atoms with E-state index in [0.717, 1.165) is 36.8 Å². The summed E-state index contributed by atoms with van der Waals surface area (Å²) >= 11 is 0. The second-order valence-electron chi connectivity index (χ2n) is 4.38. The zero-order valence-corrected chi connectivity index (χ0v) is 10.3. The van der Waals surface area contributed by atoms with E-state index in [1.165, 1.54) is 6.92 Å². The van der Waals surface area contributed by atoms with Gasteiger partial charge in [-0.2, -0.15) is 0 Å². The first-order valence-electron chi connectivity index (χ1n) is 5.96. The third-order valence-electron chi connectivity index (χ3n) is 2.94. The topological polar surface area (TPSA) is 43.4 Å². The summed E-state index contributed by atoms with van der Waals surface area (Å²) in [4.78, 5) is 22.7. The van der Waals surface area contributed by atoms with Crippen LogP contribution in [0.4, 0.5) is 0 Å². The van der Waals surface area contributed by atoms with Gasteiger partial charge in [0.1, 0.15) is 0 Å². The summed E-state index contributed by atoms with van der Waals surface area (Å²) in [6, 6.07) is 0. The summed E-state index contributed by atoms with van der Waals surface area (Å²) in [5, 5.41) is 0. The SMILES string of the molecule is CCCCCC1=C(C)CC(OC(C)=O)C1=O. The molecular formula is C13H20O3. The van der Waals surface area contributed by atoms with Crippen molar-refractivity contribution in [1.29, 1.82) is 0 Å². The van der Waals surface area contributed by atoms with E-state index in [1.807, 2.05) is 6.92 Å². The normalized spacial score (nSPS) is 20.4. The average molecular weight is 224 g/mol. The van der Waals surface area contributed by atoms with E-state index < -0.39 is 6.10 Å². The van der Waals surface area contributed by atoms with E-state index in [1.54, 1.807) is 0 Å². The van der Waals surface area contributed by atoms with Crippen molar-refractivity contribution in [3.8, 4) is 0 Å². The third kappa shape index (κ3) is 3.19. The molecule has 1 atom stereocenters. The lowest BCUT2D eigenvalue weighted by Gasteiger charge is -2.09. The molecule has 0 aromatic carbocycles. The Morgan fingerprint density at radius 1 is 1.44 bits per heavy atom. The molecule has 0 radical (unpaired) electrons. The Hall–Kier alpha value is -1.12. The summed E-state index contributed by atoms with van der Waals surface area (Å²) < 4.78 is 5.00. The first-order chi connectivity index (χ1) is 7.56. The lowest BCUT2D eigenvalue weighted by atomic mass is 10.0. The van der Waals surface area contributed by atoms with Crippen LogP contribution in [0.5, 0.6) is 0 Å². The van der Waals surface area contributed by atoms with Crippen molar-refractivity contribution in [3.63, 3.8) is 0 Å². The molecule has 0 fully saturated rings. The Morgan fingerprint density at radius 2 is 2.12 bits per heavy atom. The maximum atomic E-state index is 11.9. The first-order valence-corrected chi connectivity index (χ1v) is 5.96. The zero-order valence-electron chi connectivity index (χ0n) is 10.3. The summed E-state index contributed by atoms with van der Waals surface area (Å²) in [5.74, 6) is -0.357. The highest BCUT2D eigenvalue weighted by molar-refractivity contribution is 6.03. The minimum Gasteiger partial charge on any atom is -0.454 e. The van der Waals surface area contributed by atoms with Gasteiger partial charge in [-0.3, -0.25) is 9.59 Å². The average Bonchev–Trinajstić information content (AvgIpc) is 2.45. The Balaban J connectivity index is 2.54. The van der Waals surface area contributed by atoms with Gasteiger partial charge in [0, 0.05) is 13.3 Å². The highest BCUT2D eigenvalue weighted by Gasteiger charge is 2.32. The molecule has 0 spiro atoms. The minimum atomic E-state index is -0.547. The Labute approximate surface area is 96.9 Å². The van der Waals surface area contributed by atoms with Crippen LogP contribution in [-0.4, -0.2) is 17.9 Å². The molecule has 90 valence electrons. The zero-order chi connectivity index (χ0) is 12.1. The molecule has 1 unspecified atom stereocenters.